The van der Waals surface area contributed by atoms with Crippen LogP contribution in [0.5, 0.6) is 0 Å². The van der Waals surface area contributed by atoms with Gasteiger partial charge in [-0.05, 0) is 38.7 Å². The van der Waals surface area contributed by atoms with Crippen molar-refractivity contribution in [2.24, 2.45) is 5.73 Å². The van der Waals surface area contributed by atoms with Crippen molar-refractivity contribution in [1.82, 2.24) is 4.90 Å². The van der Waals surface area contributed by atoms with E-state index in [-0.39, 0.29) is 24.3 Å². The molecular formula is C35H50N2O4. The lowest BCUT2D eigenvalue weighted by atomic mass is 9.76. The average molecular weight is 563 g/mol. The predicted molar refractivity (Wildman–Crippen MR) is 167 cm³/mol. The van der Waals surface area contributed by atoms with E-state index in [4.69, 9.17) is 15.2 Å². The van der Waals surface area contributed by atoms with Gasteiger partial charge in [-0.15, -0.1) is 6.58 Å². The molecule has 0 unspecified atom stereocenters. The number of nitrogens with zero attached hydrogens (tertiary/aromatic N) is 1. The summed E-state index contributed by atoms with van der Waals surface area (Å²) in [6.45, 7) is 16.4. The maximum Gasteiger partial charge on any atom is 0.231 e. The Labute approximate surface area is 247 Å². The zero-order chi connectivity index (χ0) is 30.5. The van der Waals surface area contributed by atoms with E-state index in [0.29, 0.717) is 19.6 Å². The Kier molecular flexibility index (Phi) is 13.7. The number of ether oxygens (including phenoxy) is 2. The molecule has 2 atom stereocenters. The molecule has 2 N–H and O–H groups in total. The van der Waals surface area contributed by atoms with Crippen LogP contribution in [0, 0.1) is 0 Å². The molecule has 0 aromatic heterocycles. The zero-order valence-electron chi connectivity index (χ0n) is 25.9. The first-order valence-electron chi connectivity index (χ1n) is 14.9. The number of benzene rings is 2. The van der Waals surface area contributed by atoms with Crippen molar-refractivity contribution in [2.75, 3.05) is 13.2 Å². The molecule has 2 saturated heterocycles. The van der Waals surface area contributed by atoms with E-state index < -0.39 is 17.2 Å². The molecule has 2 aliphatic rings. The lowest BCUT2D eigenvalue weighted by molar-refractivity contribution is -0.144. The highest BCUT2D eigenvalue weighted by Crippen LogP contribution is 2.39. The molecule has 224 valence electrons. The topological polar surface area (TPSA) is 81.9 Å². The smallest absolute Gasteiger partial charge is 0.231 e. The van der Waals surface area contributed by atoms with Crippen molar-refractivity contribution in [3.05, 3.63) is 96.1 Å². The second kappa shape index (κ2) is 16.4. The van der Waals surface area contributed by atoms with Gasteiger partial charge < -0.3 is 15.2 Å². The highest BCUT2D eigenvalue weighted by atomic mass is 16.7. The average Bonchev–Trinajstić information content (AvgIpc) is 3.63. The first-order chi connectivity index (χ1) is 19.7. The van der Waals surface area contributed by atoms with Gasteiger partial charge in [0.15, 0.2) is 0 Å². The Morgan fingerprint density at radius 1 is 1.07 bits per heavy atom. The number of likely N-dealkylation sites (tertiary alicyclic amines) is 1. The molecule has 0 spiro atoms. The number of allylic oxidation sites excluding steroid dienone is 3. The molecule has 4 rings (SSSR count). The predicted octanol–water partition coefficient (Wildman–Crippen LogP) is 7.02. The Balaban J connectivity index is 0.00000110. The van der Waals surface area contributed by atoms with Gasteiger partial charge in [0, 0.05) is 41.5 Å². The van der Waals surface area contributed by atoms with Crippen molar-refractivity contribution in [1.29, 1.82) is 0 Å². The second-order valence-corrected chi connectivity index (χ2v) is 10.7. The zero-order valence-corrected chi connectivity index (χ0v) is 25.9. The largest absolute Gasteiger partial charge is 0.340 e. The van der Waals surface area contributed by atoms with Crippen LogP contribution in [0.2, 0.25) is 0 Å². The van der Waals surface area contributed by atoms with E-state index in [2.05, 4.69) is 12.7 Å². The molecule has 2 fully saturated rings. The summed E-state index contributed by atoms with van der Waals surface area (Å²) >= 11 is 0. The van der Waals surface area contributed by atoms with Gasteiger partial charge in [-0.1, -0.05) is 101 Å². The quantitative estimate of drug-likeness (QED) is 0.332. The molecule has 2 aromatic carbocycles. The minimum Gasteiger partial charge on any atom is -0.340 e. The molecular weight excluding hydrogens is 512 g/mol. The molecule has 0 aliphatic carbocycles. The fourth-order valence-electron chi connectivity index (χ4n) is 5.26. The normalized spacial score (nSPS) is 18.8. The fraction of sp³-hybridized carbons (Fsp3) is 0.486. The van der Waals surface area contributed by atoms with Gasteiger partial charge in [0.05, 0.1) is 13.2 Å². The summed E-state index contributed by atoms with van der Waals surface area (Å²) in [4.78, 5) is 27.2. The summed E-state index contributed by atoms with van der Waals surface area (Å²) in [5, 5.41) is 0. The first-order valence-corrected chi connectivity index (χ1v) is 14.9. The van der Waals surface area contributed by atoms with Crippen LogP contribution < -0.4 is 5.73 Å². The van der Waals surface area contributed by atoms with E-state index in [9.17, 15) is 9.59 Å². The highest BCUT2D eigenvalue weighted by Gasteiger charge is 2.41. The first kappa shape index (κ1) is 34.1. The lowest BCUT2D eigenvalue weighted by Crippen LogP contribution is -2.47. The summed E-state index contributed by atoms with van der Waals surface area (Å²) in [6, 6.07) is 17.6. The summed E-state index contributed by atoms with van der Waals surface area (Å²) in [5.41, 5.74) is 9.04. The number of hydrogen-bond donors (Lipinski definition) is 1. The van der Waals surface area contributed by atoms with Crippen LogP contribution in [0.25, 0.3) is 0 Å². The van der Waals surface area contributed by atoms with E-state index in [0.717, 1.165) is 36.0 Å². The summed E-state index contributed by atoms with van der Waals surface area (Å²) < 4.78 is 12.2. The van der Waals surface area contributed by atoms with Crippen molar-refractivity contribution < 1.29 is 19.1 Å². The minimum absolute atomic E-state index is 0.0311. The van der Waals surface area contributed by atoms with Gasteiger partial charge in [-0.3, -0.25) is 14.5 Å². The van der Waals surface area contributed by atoms with Gasteiger partial charge in [0.2, 0.25) is 17.6 Å². The third-order valence-electron chi connectivity index (χ3n) is 7.67. The maximum atomic E-state index is 13.2. The number of imide groups is 1. The van der Waals surface area contributed by atoms with E-state index in [1.807, 2.05) is 102 Å². The number of amides is 2. The molecule has 2 aliphatic heterocycles. The third kappa shape index (κ3) is 8.25. The van der Waals surface area contributed by atoms with Crippen molar-refractivity contribution in [3.8, 4) is 0 Å². The molecule has 0 radical (unpaired) electrons. The summed E-state index contributed by atoms with van der Waals surface area (Å²) in [6.07, 6.45) is 8.78. The van der Waals surface area contributed by atoms with E-state index >= 15 is 0 Å². The molecule has 0 bridgehead atoms. The van der Waals surface area contributed by atoms with Crippen LogP contribution in [0.3, 0.4) is 0 Å². The Hall–Kier alpha value is -3.06. The van der Waals surface area contributed by atoms with Crippen LogP contribution in [-0.2, 0) is 30.3 Å². The number of carbonyl (C=O) groups is 2. The standard InChI is InChI=1S/C30H38N2O4.C3H6.C2H6/c1-4-5-7-12-25-17-18-27(33)32(25)28(34)21-26(31)29(2,3)22-13-15-24(16-14-22)30(35-19-20-36-30)23-10-8-6-9-11-23;1-3-2;1-2/h4-6,8-11,13-16,25-26H,7,12,17-21,31H2,1-3H3;3H,1H2,2H3;1-2H3/b5-4-;;/t25-,26+;;/m0../s1. The number of carbonyl (C=O) groups excluding carboxylic acids is 2. The van der Waals surface area contributed by atoms with Gasteiger partial charge in [-0.25, -0.2) is 0 Å². The van der Waals surface area contributed by atoms with Gasteiger partial charge in [0.25, 0.3) is 0 Å². The summed E-state index contributed by atoms with van der Waals surface area (Å²) in [7, 11) is 0. The number of rotatable bonds is 9. The second-order valence-electron chi connectivity index (χ2n) is 10.7. The monoisotopic (exact) mass is 562 g/mol. The van der Waals surface area contributed by atoms with Crippen LogP contribution in [0.4, 0.5) is 0 Å². The lowest BCUT2D eigenvalue weighted by Gasteiger charge is -2.34. The molecule has 41 heavy (non-hydrogen) atoms. The van der Waals surface area contributed by atoms with E-state index in [1.54, 1.807) is 6.08 Å². The Bertz CT molecular complexity index is 1120. The Morgan fingerprint density at radius 3 is 2.20 bits per heavy atom. The number of nitrogens with two attached hydrogens (primary N) is 1. The van der Waals surface area contributed by atoms with Crippen molar-refractivity contribution in [2.45, 2.75) is 96.9 Å². The molecule has 6 nitrogen and oxygen atoms in total. The highest BCUT2D eigenvalue weighted by molar-refractivity contribution is 5.97. The summed E-state index contributed by atoms with van der Waals surface area (Å²) in [5.74, 6) is -1.17. The Morgan fingerprint density at radius 2 is 1.63 bits per heavy atom. The fourth-order valence-corrected chi connectivity index (χ4v) is 5.26. The molecule has 2 heterocycles. The van der Waals surface area contributed by atoms with Gasteiger partial charge in [-0.2, -0.15) is 0 Å². The van der Waals surface area contributed by atoms with Crippen LogP contribution in [0.1, 0.15) is 90.3 Å². The minimum atomic E-state index is -0.917. The molecule has 2 aromatic rings. The SMILES string of the molecule is C/C=C\CC[C@H]1CCC(=O)N1C(=O)C[C@@H](N)C(C)(C)c1ccc(C2(c3ccccc3)OCCO2)cc1.C=CC.CC. The van der Waals surface area contributed by atoms with Gasteiger partial charge in [0.1, 0.15) is 0 Å². The van der Waals surface area contributed by atoms with Gasteiger partial charge >= 0.3 is 0 Å². The molecule has 2 amide bonds. The molecule has 6 heteroatoms. The van der Waals surface area contributed by atoms with Crippen molar-refractivity contribution >= 4 is 11.8 Å². The van der Waals surface area contributed by atoms with E-state index in [1.165, 1.54) is 4.90 Å². The van der Waals surface area contributed by atoms with Crippen LogP contribution >= 0.6 is 0 Å². The van der Waals surface area contributed by atoms with Crippen molar-refractivity contribution in [3.63, 3.8) is 0 Å². The van der Waals surface area contributed by atoms with Crippen LogP contribution in [-0.4, -0.2) is 42.0 Å². The maximum absolute atomic E-state index is 13.2. The third-order valence-corrected chi connectivity index (χ3v) is 7.67. The molecule has 0 saturated carbocycles. The van der Waals surface area contributed by atoms with Crippen LogP contribution in [0.15, 0.2) is 79.4 Å². The number of hydrogen-bond acceptors (Lipinski definition) is 5.